The first kappa shape index (κ1) is 23.2. The van der Waals surface area contributed by atoms with Crippen molar-refractivity contribution >= 4 is 39.8 Å². The van der Waals surface area contributed by atoms with E-state index >= 15 is 0 Å². The molecule has 0 aromatic heterocycles. The van der Waals surface area contributed by atoms with Crippen molar-refractivity contribution in [3.63, 3.8) is 0 Å². The summed E-state index contributed by atoms with van der Waals surface area (Å²) in [6.07, 6.45) is 7.90. The molecule has 158 valence electrons. The molecule has 2 N–H and O–H groups in total. The monoisotopic (exact) mass is 513 g/mol. The number of guanidine groups is 1. The minimum atomic E-state index is -2.83. The fraction of sp³-hybridized carbons (Fsp3) is 0.947. The van der Waals surface area contributed by atoms with E-state index in [0.29, 0.717) is 36.6 Å². The van der Waals surface area contributed by atoms with Crippen LogP contribution < -0.4 is 10.6 Å². The summed E-state index contributed by atoms with van der Waals surface area (Å²) in [6, 6.07) is 0.444. The van der Waals surface area contributed by atoms with Crippen LogP contribution in [0.1, 0.15) is 58.8 Å². The van der Waals surface area contributed by atoms with Gasteiger partial charge in [0.05, 0.1) is 23.7 Å². The maximum Gasteiger partial charge on any atom is 0.191 e. The predicted molar refractivity (Wildman–Crippen MR) is 121 cm³/mol. The van der Waals surface area contributed by atoms with Gasteiger partial charge in [-0.1, -0.05) is 19.8 Å². The number of ether oxygens (including phenoxy) is 1. The van der Waals surface area contributed by atoms with Crippen LogP contribution in [0.25, 0.3) is 0 Å². The average Bonchev–Trinajstić information content (AvgIpc) is 3.18. The molecular formula is C19H36IN3O3S. The zero-order chi connectivity index (χ0) is 18.6. The van der Waals surface area contributed by atoms with Crippen LogP contribution in [0.15, 0.2) is 4.99 Å². The highest BCUT2D eigenvalue weighted by Crippen LogP contribution is 2.26. The van der Waals surface area contributed by atoms with Crippen molar-refractivity contribution in [3.8, 4) is 0 Å². The number of aliphatic imine (C=N–C) groups is 1. The normalized spacial score (nSPS) is 36.2. The van der Waals surface area contributed by atoms with Crippen molar-refractivity contribution in [2.24, 2.45) is 16.8 Å². The van der Waals surface area contributed by atoms with Crippen LogP contribution >= 0.6 is 24.0 Å². The zero-order valence-electron chi connectivity index (χ0n) is 16.7. The molecule has 0 amide bonds. The molecule has 4 unspecified atom stereocenters. The van der Waals surface area contributed by atoms with Gasteiger partial charge in [0.15, 0.2) is 15.8 Å². The van der Waals surface area contributed by atoms with E-state index in [1.807, 2.05) is 0 Å². The van der Waals surface area contributed by atoms with Crippen molar-refractivity contribution in [2.75, 3.05) is 31.2 Å². The average molecular weight is 513 g/mol. The zero-order valence-corrected chi connectivity index (χ0v) is 19.9. The highest BCUT2D eigenvalue weighted by atomic mass is 127. The first-order valence-electron chi connectivity index (χ1n) is 10.2. The van der Waals surface area contributed by atoms with Crippen molar-refractivity contribution < 1.29 is 13.2 Å². The lowest BCUT2D eigenvalue weighted by molar-refractivity contribution is 0.0283. The Bertz CT molecular complexity index is 605. The summed E-state index contributed by atoms with van der Waals surface area (Å²) in [5.74, 6) is 2.28. The van der Waals surface area contributed by atoms with Gasteiger partial charge in [0.1, 0.15) is 0 Å². The summed E-state index contributed by atoms with van der Waals surface area (Å²) >= 11 is 0. The molecule has 2 heterocycles. The second kappa shape index (κ2) is 10.1. The van der Waals surface area contributed by atoms with Gasteiger partial charge < -0.3 is 15.4 Å². The lowest BCUT2D eigenvalue weighted by Gasteiger charge is -2.31. The third-order valence-corrected chi connectivity index (χ3v) is 8.03. The van der Waals surface area contributed by atoms with Gasteiger partial charge >= 0.3 is 0 Å². The molecule has 1 aliphatic carbocycles. The Labute approximate surface area is 181 Å². The second-order valence-corrected chi connectivity index (χ2v) is 11.0. The minimum Gasteiger partial charge on any atom is -0.373 e. The Morgan fingerprint density at radius 2 is 2.00 bits per heavy atom. The summed E-state index contributed by atoms with van der Waals surface area (Å²) in [5.41, 5.74) is -0.163. The van der Waals surface area contributed by atoms with E-state index < -0.39 is 9.84 Å². The van der Waals surface area contributed by atoms with Crippen molar-refractivity contribution in [1.29, 1.82) is 0 Å². The molecule has 3 rings (SSSR count). The third kappa shape index (κ3) is 7.03. The molecule has 0 spiro atoms. The highest BCUT2D eigenvalue weighted by Gasteiger charge is 2.31. The molecule has 1 saturated carbocycles. The fourth-order valence-electron chi connectivity index (χ4n) is 4.34. The van der Waals surface area contributed by atoms with Crippen LogP contribution in [-0.4, -0.2) is 57.2 Å². The fourth-order valence-corrected chi connectivity index (χ4v) is 6.20. The van der Waals surface area contributed by atoms with E-state index in [0.717, 1.165) is 31.8 Å². The van der Waals surface area contributed by atoms with Gasteiger partial charge in [0.2, 0.25) is 0 Å². The van der Waals surface area contributed by atoms with Gasteiger partial charge in [-0.05, 0) is 50.9 Å². The number of sulfone groups is 1. The summed E-state index contributed by atoms with van der Waals surface area (Å²) in [6.45, 7) is 6.57. The van der Waals surface area contributed by atoms with Crippen molar-refractivity contribution in [1.82, 2.24) is 10.6 Å². The summed E-state index contributed by atoms with van der Waals surface area (Å²) < 4.78 is 29.3. The maximum atomic E-state index is 11.7. The Hall–Kier alpha value is -0.0900. The molecule has 0 aromatic carbocycles. The molecule has 0 aromatic rings. The molecule has 4 atom stereocenters. The first-order chi connectivity index (χ1) is 12.4. The molecule has 0 radical (unpaired) electrons. The molecule has 2 aliphatic heterocycles. The minimum absolute atomic E-state index is 0. The Kier molecular flexibility index (Phi) is 8.67. The summed E-state index contributed by atoms with van der Waals surface area (Å²) in [4.78, 5) is 4.82. The molecule has 6 nitrogen and oxygen atoms in total. The van der Waals surface area contributed by atoms with Crippen LogP contribution in [0, 0.1) is 11.8 Å². The van der Waals surface area contributed by atoms with Crippen LogP contribution in [0.2, 0.25) is 0 Å². The Balaban J connectivity index is 0.00000261. The van der Waals surface area contributed by atoms with E-state index in [4.69, 9.17) is 9.73 Å². The maximum absolute atomic E-state index is 11.7. The number of hydrogen-bond acceptors (Lipinski definition) is 4. The largest absolute Gasteiger partial charge is 0.373 e. The first-order valence-corrected chi connectivity index (χ1v) is 12.1. The van der Waals surface area contributed by atoms with Crippen molar-refractivity contribution in [2.45, 2.75) is 70.4 Å². The molecule has 8 heteroatoms. The van der Waals surface area contributed by atoms with E-state index in [1.165, 1.54) is 25.7 Å². The third-order valence-electron chi connectivity index (χ3n) is 6.19. The number of nitrogens with one attached hydrogen (secondary N) is 2. The van der Waals surface area contributed by atoms with Gasteiger partial charge in [0, 0.05) is 19.2 Å². The highest BCUT2D eigenvalue weighted by molar-refractivity contribution is 14.0. The molecule has 0 bridgehead atoms. The van der Waals surface area contributed by atoms with Crippen LogP contribution in [-0.2, 0) is 14.6 Å². The smallest absolute Gasteiger partial charge is 0.191 e. The lowest BCUT2D eigenvalue weighted by Crippen LogP contribution is -2.49. The lowest BCUT2D eigenvalue weighted by atomic mass is 9.86. The van der Waals surface area contributed by atoms with Gasteiger partial charge in [-0.15, -0.1) is 24.0 Å². The molecule has 3 aliphatic rings. The predicted octanol–water partition coefficient (Wildman–Crippen LogP) is 2.72. The second-order valence-electron chi connectivity index (χ2n) is 8.73. The van der Waals surface area contributed by atoms with Crippen molar-refractivity contribution in [3.05, 3.63) is 0 Å². The van der Waals surface area contributed by atoms with Crippen LogP contribution in [0.3, 0.4) is 0 Å². The van der Waals surface area contributed by atoms with Gasteiger partial charge in [-0.25, -0.2) is 8.42 Å². The summed E-state index contributed by atoms with van der Waals surface area (Å²) in [5, 5.41) is 7.05. The Morgan fingerprint density at radius 1 is 1.22 bits per heavy atom. The molecular weight excluding hydrogens is 477 g/mol. The SMILES string of the molecule is CC1CCCCC1NC(=NCC1(C)CCCO1)NCC1CCS(=O)(=O)C1.I. The van der Waals surface area contributed by atoms with E-state index in [1.54, 1.807) is 0 Å². The molecule has 3 fully saturated rings. The topological polar surface area (TPSA) is 79.8 Å². The van der Waals surface area contributed by atoms with E-state index in [2.05, 4.69) is 24.5 Å². The number of hydrogen-bond donors (Lipinski definition) is 2. The van der Waals surface area contributed by atoms with E-state index in [-0.39, 0.29) is 35.5 Å². The van der Waals surface area contributed by atoms with E-state index in [9.17, 15) is 8.42 Å². The van der Waals surface area contributed by atoms with Gasteiger partial charge in [0.25, 0.3) is 0 Å². The van der Waals surface area contributed by atoms with Gasteiger partial charge in [-0.3, -0.25) is 4.99 Å². The number of nitrogens with zero attached hydrogens (tertiary/aromatic N) is 1. The van der Waals surface area contributed by atoms with Gasteiger partial charge in [-0.2, -0.15) is 0 Å². The molecule has 27 heavy (non-hydrogen) atoms. The standard InChI is InChI=1S/C19H35N3O3S.HI/c1-15-6-3-4-7-17(15)22-18(21-14-19(2)9-5-10-25-19)20-12-16-8-11-26(23,24)13-16;/h15-17H,3-14H2,1-2H3,(H2,20,21,22);1H. The quantitative estimate of drug-likeness (QED) is 0.336. The van der Waals surface area contributed by atoms with Crippen LogP contribution in [0.5, 0.6) is 0 Å². The number of halogens is 1. The Morgan fingerprint density at radius 3 is 2.63 bits per heavy atom. The van der Waals surface area contributed by atoms with Crippen LogP contribution in [0.4, 0.5) is 0 Å². The number of rotatable bonds is 5. The molecule has 2 saturated heterocycles. The summed E-state index contributed by atoms with van der Waals surface area (Å²) in [7, 11) is -2.83.